The van der Waals surface area contributed by atoms with Crippen molar-refractivity contribution in [3.63, 3.8) is 0 Å². The van der Waals surface area contributed by atoms with Gasteiger partial charge in [0.15, 0.2) is 0 Å². The molecule has 1 aromatic rings. The first-order valence-corrected chi connectivity index (χ1v) is 7.65. The summed E-state index contributed by atoms with van der Waals surface area (Å²) >= 11 is 0. The van der Waals surface area contributed by atoms with Crippen LogP contribution < -0.4 is 0 Å². The maximum atomic E-state index is 12.7. The lowest BCUT2D eigenvalue weighted by Crippen LogP contribution is -2.33. The molecule has 6 nitrogen and oxygen atoms in total. The number of rotatable bonds is 5. The van der Waals surface area contributed by atoms with Crippen LogP contribution in [0.25, 0.3) is 0 Å². The maximum absolute atomic E-state index is 12.7. The summed E-state index contributed by atoms with van der Waals surface area (Å²) in [6, 6.07) is 3.19. The summed E-state index contributed by atoms with van der Waals surface area (Å²) in [7, 11) is -3.10. The van der Waals surface area contributed by atoms with Crippen molar-refractivity contribution in [3.05, 3.63) is 29.3 Å². The van der Waals surface area contributed by atoms with Crippen molar-refractivity contribution in [2.45, 2.75) is 18.0 Å². The number of aliphatic carboxylic acids is 1. The average Bonchev–Trinajstić information content (AvgIpc) is 2.45. The van der Waals surface area contributed by atoms with Crippen molar-refractivity contribution in [3.8, 4) is 6.07 Å². The molecule has 0 fully saturated rings. The molecule has 0 saturated heterocycles. The fourth-order valence-electron chi connectivity index (χ4n) is 1.77. The Morgan fingerprint density at radius 3 is 2.43 bits per heavy atom. The zero-order chi connectivity index (χ0) is 18.0. The van der Waals surface area contributed by atoms with Gasteiger partial charge >= 0.3 is 12.1 Å². The normalized spacial score (nSPS) is 13.6. The summed E-state index contributed by atoms with van der Waals surface area (Å²) in [6.07, 6.45) is -4.78. The standard InChI is InChI=1S/C13H13F3N2O4S/c1-8(12(19)20)7-18(2)23(21,22)10-3-4-11(13(14,15)16)9(5-10)6-17/h3-5,8H,7H2,1-2H3,(H,19,20). The molecule has 1 rings (SSSR count). The number of nitriles is 1. The van der Waals surface area contributed by atoms with E-state index in [9.17, 15) is 26.4 Å². The Morgan fingerprint density at radius 1 is 1.43 bits per heavy atom. The molecule has 0 saturated carbocycles. The van der Waals surface area contributed by atoms with Gasteiger partial charge in [-0.25, -0.2) is 12.7 Å². The summed E-state index contributed by atoms with van der Waals surface area (Å²) in [6.45, 7) is 0.933. The van der Waals surface area contributed by atoms with E-state index < -0.39 is 44.1 Å². The summed E-state index contributed by atoms with van der Waals surface area (Å²) in [5.74, 6) is -2.21. The molecule has 23 heavy (non-hydrogen) atoms. The molecule has 0 aliphatic carbocycles. The minimum Gasteiger partial charge on any atom is -0.481 e. The van der Waals surface area contributed by atoms with Gasteiger partial charge in [0.2, 0.25) is 10.0 Å². The maximum Gasteiger partial charge on any atom is 0.417 e. The molecule has 0 aliphatic heterocycles. The van der Waals surface area contributed by atoms with Crippen LogP contribution in [0.2, 0.25) is 0 Å². The molecule has 0 bridgehead atoms. The van der Waals surface area contributed by atoms with E-state index in [-0.39, 0.29) is 6.54 Å². The zero-order valence-electron chi connectivity index (χ0n) is 12.1. The molecular weight excluding hydrogens is 337 g/mol. The van der Waals surface area contributed by atoms with Crippen molar-refractivity contribution in [1.82, 2.24) is 4.31 Å². The van der Waals surface area contributed by atoms with Gasteiger partial charge in [0.1, 0.15) is 0 Å². The number of carboxylic acids is 1. The molecule has 1 atom stereocenters. The molecule has 0 radical (unpaired) electrons. The first kappa shape index (κ1) is 18.9. The van der Waals surface area contributed by atoms with Crippen LogP contribution in [0.15, 0.2) is 23.1 Å². The van der Waals surface area contributed by atoms with Crippen molar-refractivity contribution >= 4 is 16.0 Å². The molecule has 126 valence electrons. The van der Waals surface area contributed by atoms with Crippen molar-refractivity contribution in [2.75, 3.05) is 13.6 Å². The van der Waals surface area contributed by atoms with Crippen LogP contribution in [0.4, 0.5) is 13.2 Å². The van der Waals surface area contributed by atoms with Crippen LogP contribution in [-0.4, -0.2) is 37.4 Å². The first-order chi connectivity index (χ1) is 10.4. The van der Waals surface area contributed by atoms with E-state index in [0.717, 1.165) is 17.4 Å². The van der Waals surface area contributed by atoms with Gasteiger partial charge in [0.05, 0.1) is 28.0 Å². The molecule has 0 amide bonds. The topological polar surface area (TPSA) is 98.5 Å². The lowest BCUT2D eigenvalue weighted by atomic mass is 10.1. The summed E-state index contributed by atoms with van der Waals surface area (Å²) < 4.78 is 63.4. The van der Waals surface area contributed by atoms with Gasteiger partial charge in [-0.15, -0.1) is 0 Å². The average molecular weight is 350 g/mol. The number of sulfonamides is 1. The van der Waals surface area contributed by atoms with E-state index >= 15 is 0 Å². The quantitative estimate of drug-likeness (QED) is 0.875. The Hall–Kier alpha value is -2.12. The fraction of sp³-hybridized carbons (Fsp3) is 0.385. The Morgan fingerprint density at radius 2 is 2.00 bits per heavy atom. The van der Waals surface area contributed by atoms with Gasteiger partial charge < -0.3 is 5.11 Å². The third-order valence-corrected chi connectivity index (χ3v) is 4.90. The Bertz CT molecular complexity index is 753. The largest absolute Gasteiger partial charge is 0.481 e. The van der Waals surface area contributed by atoms with E-state index in [4.69, 9.17) is 10.4 Å². The molecular formula is C13H13F3N2O4S. The number of benzene rings is 1. The second-order valence-electron chi connectivity index (χ2n) is 4.84. The number of alkyl halides is 3. The van der Waals surface area contributed by atoms with Crippen molar-refractivity contribution in [1.29, 1.82) is 5.26 Å². The van der Waals surface area contributed by atoms with E-state index in [1.807, 2.05) is 0 Å². The van der Waals surface area contributed by atoms with Crippen LogP contribution in [-0.2, 0) is 21.0 Å². The number of hydrogen-bond donors (Lipinski definition) is 1. The summed E-state index contributed by atoms with van der Waals surface area (Å²) in [5, 5.41) is 17.6. The molecule has 0 spiro atoms. The van der Waals surface area contributed by atoms with Crippen molar-refractivity contribution < 1.29 is 31.5 Å². The highest BCUT2D eigenvalue weighted by atomic mass is 32.2. The van der Waals surface area contributed by atoms with Gasteiger partial charge in [0, 0.05) is 13.6 Å². The van der Waals surface area contributed by atoms with Crippen LogP contribution >= 0.6 is 0 Å². The van der Waals surface area contributed by atoms with Crippen molar-refractivity contribution in [2.24, 2.45) is 5.92 Å². The molecule has 1 aromatic carbocycles. The predicted molar refractivity (Wildman–Crippen MR) is 72.8 cm³/mol. The highest BCUT2D eigenvalue weighted by Gasteiger charge is 2.35. The van der Waals surface area contributed by atoms with Crippen LogP contribution in [0.5, 0.6) is 0 Å². The van der Waals surface area contributed by atoms with Gasteiger partial charge in [0.25, 0.3) is 0 Å². The number of carboxylic acid groups (broad SMARTS) is 1. The van der Waals surface area contributed by atoms with Crippen LogP contribution in [0.3, 0.4) is 0 Å². The highest BCUT2D eigenvalue weighted by Crippen LogP contribution is 2.33. The number of halogens is 3. The van der Waals surface area contributed by atoms with Gasteiger partial charge in [-0.1, -0.05) is 6.92 Å². The van der Waals surface area contributed by atoms with Crippen LogP contribution in [0.1, 0.15) is 18.1 Å². The molecule has 0 heterocycles. The van der Waals surface area contributed by atoms with Gasteiger partial charge in [-0.05, 0) is 18.2 Å². The molecule has 0 aromatic heterocycles. The van der Waals surface area contributed by atoms with Gasteiger partial charge in [-0.2, -0.15) is 18.4 Å². The van der Waals surface area contributed by atoms with E-state index in [2.05, 4.69) is 0 Å². The zero-order valence-corrected chi connectivity index (χ0v) is 12.9. The number of nitrogens with zero attached hydrogens (tertiary/aromatic N) is 2. The van der Waals surface area contributed by atoms with E-state index in [0.29, 0.717) is 12.1 Å². The third-order valence-electron chi connectivity index (χ3n) is 3.08. The molecule has 1 N–H and O–H groups in total. The lowest BCUT2D eigenvalue weighted by molar-refractivity contribution is -0.141. The van der Waals surface area contributed by atoms with Crippen LogP contribution in [0, 0.1) is 17.2 Å². The highest BCUT2D eigenvalue weighted by molar-refractivity contribution is 7.89. The molecule has 1 unspecified atom stereocenters. The summed E-state index contributed by atoms with van der Waals surface area (Å²) in [4.78, 5) is 10.3. The van der Waals surface area contributed by atoms with Gasteiger partial charge in [-0.3, -0.25) is 4.79 Å². The first-order valence-electron chi connectivity index (χ1n) is 6.21. The minimum atomic E-state index is -4.78. The van der Waals surface area contributed by atoms with E-state index in [1.54, 1.807) is 0 Å². The van der Waals surface area contributed by atoms with E-state index in [1.165, 1.54) is 13.0 Å². The second kappa shape index (κ2) is 6.55. The third kappa shape index (κ3) is 4.20. The molecule has 10 heteroatoms. The Balaban J connectivity index is 3.25. The minimum absolute atomic E-state index is 0.361. The SMILES string of the molecule is CC(CN(C)S(=O)(=O)c1ccc(C(F)(F)F)c(C#N)c1)C(=O)O. The number of carbonyl (C=O) groups is 1. The monoisotopic (exact) mass is 350 g/mol. The lowest BCUT2D eigenvalue weighted by Gasteiger charge is -2.20. The summed E-state index contributed by atoms with van der Waals surface area (Å²) in [5.41, 5.74) is -2.06. The smallest absolute Gasteiger partial charge is 0.417 e. The second-order valence-corrected chi connectivity index (χ2v) is 6.89. The Labute approximate surface area is 130 Å². The fourth-order valence-corrected chi connectivity index (χ4v) is 3.05. The predicted octanol–water partition coefficient (Wildman–Crippen LogP) is 1.92. The number of hydrogen-bond acceptors (Lipinski definition) is 4. The molecule has 0 aliphatic rings. The Kier molecular flexibility index (Phi) is 5.39.